The van der Waals surface area contributed by atoms with Crippen LogP contribution in [0.3, 0.4) is 0 Å². The van der Waals surface area contributed by atoms with E-state index in [1.54, 1.807) is 44.2 Å². The lowest BCUT2D eigenvalue weighted by molar-refractivity contribution is -0.126. The van der Waals surface area contributed by atoms with Crippen molar-refractivity contribution in [2.75, 3.05) is 5.73 Å². The molecule has 3 heterocycles. The maximum atomic E-state index is 15.5. The zero-order valence-electron chi connectivity index (χ0n) is 22.3. The predicted molar refractivity (Wildman–Crippen MR) is 152 cm³/mol. The second-order valence-electron chi connectivity index (χ2n) is 9.87. The van der Waals surface area contributed by atoms with Gasteiger partial charge in [0.25, 0.3) is 5.91 Å². The number of carbonyl (C=O) groups is 1. The van der Waals surface area contributed by atoms with E-state index in [1.807, 2.05) is 24.3 Å². The maximum absolute atomic E-state index is 15.5. The van der Waals surface area contributed by atoms with Gasteiger partial charge in [0.05, 0.1) is 11.9 Å². The Morgan fingerprint density at radius 2 is 1.98 bits per heavy atom. The highest BCUT2D eigenvalue weighted by molar-refractivity contribution is 5.99. The molecule has 2 aromatic heterocycles. The van der Waals surface area contributed by atoms with E-state index in [0.29, 0.717) is 22.5 Å². The number of fused-ring (bicyclic) bond motifs is 1. The van der Waals surface area contributed by atoms with Crippen LogP contribution in [0.1, 0.15) is 13.8 Å². The van der Waals surface area contributed by atoms with Gasteiger partial charge in [-0.3, -0.25) is 14.7 Å². The first-order chi connectivity index (χ1) is 19.6. The number of nitrogens with zero attached hydrogens (tertiary/aromatic N) is 7. The molecule has 41 heavy (non-hydrogen) atoms. The summed E-state index contributed by atoms with van der Waals surface area (Å²) in [7, 11) is 0. The van der Waals surface area contributed by atoms with Crippen LogP contribution in [-0.2, 0) is 11.3 Å². The molecule has 1 amide bonds. The SMILES string of the molecule is CC(C)(N)C=C(C#N)C(=O)N1C=CC=N[C@H]1Cn1nc(-c2ccc(Oc3ccccc3)cc2F)c2c(N)ncnc21. The fraction of sp³-hybridized carbons (Fsp3) is 0.172. The first kappa shape index (κ1) is 27.2. The number of para-hydroxylation sites is 1. The molecule has 0 saturated heterocycles. The van der Waals surface area contributed by atoms with Crippen molar-refractivity contribution in [2.24, 2.45) is 10.7 Å². The van der Waals surface area contributed by atoms with Crippen molar-refractivity contribution in [3.05, 3.63) is 84.6 Å². The lowest BCUT2D eigenvalue weighted by atomic mass is 10.0. The lowest BCUT2D eigenvalue weighted by Crippen LogP contribution is -2.41. The molecule has 2 aromatic carbocycles. The summed E-state index contributed by atoms with van der Waals surface area (Å²) in [5.74, 6) is -0.172. The van der Waals surface area contributed by atoms with E-state index in [0.717, 1.165) is 0 Å². The first-order valence-electron chi connectivity index (χ1n) is 12.6. The van der Waals surface area contributed by atoms with Gasteiger partial charge in [0.2, 0.25) is 0 Å². The van der Waals surface area contributed by atoms with Crippen molar-refractivity contribution in [1.29, 1.82) is 5.26 Å². The average Bonchev–Trinajstić information content (AvgIpc) is 3.31. The van der Waals surface area contributed by atoms with Crippen LogP contribution < -0.4 is 16.2 Å². The molecular formula is C29H26FN9O2. The molecule has 0 spiro atoms. The average molecular weight is 552 g/mol. The van der Waals surface area contributed by atoms with E-state index >= 15 is 4.39 Å². The number of hydrogen-bond donors (Lipinski definition) is 2. The highest BCUT2D eigenvalue weighted by Gasteiger charge is 2.29. The van der Waals surface area contributed by atoms with E-state index in [1.165, 1.54) is 40.5 Å². The second-order valence-corrected chi connectivity index (χ2v) is 9.87. The number of rotatable bonds is 7. The molecule has 12 heteroatoms. The van der Waals surface area contributed by atoms with Crippen LogP contribution in [0, 0.1) is 17.1 Å². The van der Waals surface area contributed by atoms with Gasteiger partial charge in [-0.15, -0.1) is 0 Å². The maximum Gasteiger partial charge on any atom is 0.270 e. The van der Waals surface area contributed by atoms with Crippen molar-refractivity contribution in [3.8, 4) is 28.8 Å². The van der Waals surface area contributed by atoms with Crippen molar-refractivity contribution in [3.63, 3.8) is 0 Å². The molecule has 0 fully saturated rings. The molecule has 206 valence electrons. The fourth-order valence-corrected chi connectivity index (χ4v) is 4.32. The standard InChI is InChI=1S/C29H26FN9O2/c1-29(2,33)14-18(15-31)28(40)38-12-6-11-34-23(38)16-39-27-24(26(32)35-17-36-27)25(37-39)21-10-9-20(13-22(21)30)41-19-7-4-3-5-8-19/h3-14,17,23H,16,33H2,1-2H3,(H2,32,35,36)/t23-/m1/s1. The Hall–Kier alpha value is -5.41. The van der Waals surface area contributed by atoms with Gasteiger partial charge < -0.3 is 16.2 Å². The summed E-state index contributed by atoms with van der Waals surface area (Å²) in [6.45, 7) is 3.39. The Bertz CT molecular complexity index is 1750. The smallest absolute Gasteiger partial charge is 0.270 e. The number of benzene rings is 2. The predicted octanol–water partition coefficient (Wildman–Crippen LogP) is 3.95. The minimum absolute atomic E-state index is 0.0288. The second kappa shape index (κ2) is 11.0. The van der Waals surface area contributed by atoms with Crippen molar-refractivity contribution >= 4 is 29.0 Å². The number of hydrogen-bond acceptors (Lipinski definition) is 9. The zero-order valence-corrected chi connectivity index (χ0v) is 22.3. The minimum Gasteiger partial charge on any atom is -0.457 e. The van der Waals surface area contributed by atoms with E-state index < -0.39 is 23.4 Å². The van der Waals surface area contributed by atoms with Crippen LogP contribution in [-0.4, -0.2) is 48.5 Å². The van der Waals surface area contributed by atoms with Crippen LogP contribution in [0.5, 0.6) is 11.5 Å². The molecule has 1 atom stereocenters. The normalized spacial score (nSPS) is 15.2. The van der Waals surface area contributed by atoms with Gasteiger partial charge in [-0.2, -0.15) is 10.4 Å². The molecule has 0 unspecified atom stereocenters. The Morgan fingerprint density at radius 1 is 1.20 bits per heavy atom. The summed E-state index contributed by atoms with van der Waals surface area (Å²) < 4.78 is 22.7. The van der Waals surface area contributed by atoms with E-state index in [9.17, 15) is 10.1 Å². The molecule has 11 nitrogen and oxygen atoms in total. The van der Waals surface area contributed by atoms with Gasteiger partial charge in [0.1, 0.15) is 53.0 Å². The zero-order chi connectivity index (χ0) is 29.1. The summed E-state index contributed by atoms with van der Waals surface area (Å²) in [6, 6.07) is 15.4. The molecule has 0 aliphatic carbocycles. The van der Waals surface area contributed by atoms with Crippen LogP contribution in [0.15, 0.2) is 83.8 Å². The topological polar surface area (TPSA) is 161 Å². The number of amides is 1. The number of halogens is 1. The van der Waals surface area contributed by atoms with Crippen LogP contribution in [0.2, 0.25) is 0 Å². The van der Waals surface area contributed by atoms with Crippen LogP contribution in [0.4, 0.5) is 10.2 Å². The number of aromatic nitrogens is 4. The lowest BCUT2D eigenvalue weighted by Gasteiger charge is -2.28. The van der Waals surface area contributed by atoms with E-state index in [2.05, 4.69) is 20.1 Å². The van der Waals surface area contributed by atoms with Gasteiger partial charge in [0, 0.05) is 29.6 Å². The van der Waals surface area contributed by atoms with Crippen molar-refractivity contribution < 1.29 is 13.9 Å². The van der Waals surface area contributed by atoms with E-state index in [4.69, 9.17) is 16.2 Å². The molecule has 0 radical (unpaired) electrons. The third-order valence-corrected chi connectivity index (χ3v) is 6.08. The number of allylic oxidation sites excluding steroid dienone is 1. The number of nitrogens with two attached hydrogens (primary N) is 2. The Kier molecular flexibility index (Phi) is 7.28. The summed E-state index contributed by atoms with van der Waals surface area (Å²) >= 11 is 0. The molecular weight excluding hydrogens is 525 g/mol. The van der Waals surface area contributed by atoms with Gasteiger partial charge in [-0.05, 0) is 50.3 Å². The highest BCUT2D eigenvalue weighted by Crippen LogP contribution is 2.34. The summed E-state index contributed by atoms with van der Waals surface area (Å²) in [6.07, 6.45) is 6.54. The number of anilines is 1. The summed E-state index contributed by atoms with van der Waals surface area (Å²) in [4.78, 5) is 27.4. The number of aliphatic imine (C=N–C) groups is 1. The molecule has 4 aromatic rings. The van der Waals surface area contributed by atoms with Gasteiger partial charge in [0.15, 0.2) is 5.65 Å². The minimum atomic E-state index is -0.883. The number of nitrogen functional groups attached to an aromatic ring is 1. The number of nitriles is 1. The number of carbonyl (C=O) groups excluding carboxylic acids is 1. The van der Waals surface area contributed by atoms with Gasteiger partial charge >= 0.3 is 0 Å². The molecule has 5 rings (SSSR count). The van der Waals surface area contributed by atoms with Crippen molar-refractivity contribution in [2.45, 2.75) is 32.1 Å². The molecule has 1 aliphatic rings. The van der Waals surface area contributed by atoms with Gasteiger partial charge in [-0.25, -0.2) is 19.0 Å². The highest BCUT2D eigenvalue weighted by atomic mass is 19.1. The van der Waals surface area contributed by atoms with Gasteiger partial charge in [-0.1, -0.05) is 18.2 Å². The third kappa shape index (κ3) is 5.80. The van der Waals surface area contributed by atoms with Crippen LogP contribution in [0.25, 0.3) is 22.3 Å². The van der Waals surface area contributed by atoms with E-state index in [-0.39, 0.29) is 29.2 Å². The van der Waals surface area contributed by atoms with Crippen LogP contribution >= 0.6 is 0 Å². The Balaban J connectivity index is 1.50. The quantitative estimate of drug-likeness (QED) is 0.258. The first-order valence-corrected chi connectivity index (χ1v) is 12.6. The monoisotopic (exact) mass is 551 g/mol. The summed E-state index contributed by atoms with van der Waals surface area (Å²) in [5, 5.41) is 14.6. The van der Waals surface area contributed by atoms with Crippen molar-refractivity contribution in [1.82, 2.24) is 24.6 Å². The summed E-state index contributed by atoms with van der Waals surface area (Å²) in [5.41, 5.74) is 11.9. The third-order valence-electron chi connectivity index (χ3n) is 6.08. The fourth-order valence-electron chi connectivity index (χ4n) is 4.32. The largest absolute Gasteiger partial charge is 0.457 e. The molecule has 4 N–H and O–H groups in total. The Labute approximate surface area is 234 Å². The molecule has 1 aliphatic heterocycles. The molecule has 0 saturated carbocycles. The molecule has 0 bridgehead atoms. The Morgan fingerprint density at radius 3 is 2.68 bits per heavy atom. The number of ether oxygens (including phenoxy) is 1.